The zero-order chi connectivity index (χ0) is 13.7. The Hall–Kier alpha value is -1.61. The zero-order valence-corrected chi connectivity index (χ0v) is 12.0. The third kappa shape index (κ3) is 3.04. The fourth-order valence-corrected chi connectivity index (χ4v) is 2.61. The van der Waals surface area contributed by atoms with Crippen LogP contribution >= 0.6 is 0 Å². The molecule has 0 saturated heterocycles. The first-order valence-corrected chi connectivity index (χ1v) is 7.01. The van der Waals surface area contributed by atoms with Crippen molar-refractivity contribution in [1.29, 1.82) is 0 Å². The van der Waals surface area contributed by atoms with Crippen LogP contribution in [-0.4, -0.2) is 16.8 Å². The lowest BCUT2D eigenvalue weighted by molar-refractivity contribution is 0.451. The summed E-state index contributed by atoms with van der Waals surface area (Å²) in [6.07, 6.45) is 3.00. The average Bonchev–Trinajstić information content (AvgIpc) is 2.89. The Morgan fingerprint density at radius 1 is 1.21 bits per heavy atom. The average molecular weight is 257 g/mol. The Morgan fingerprint density at radius 3 is 2.58 bits per heavy atom. The molecule has 2 unspecified atom stereocenters. The van der Waals surface area contributed by atoms with Crippen molar-refractivity contribution in [3.05, 3.63) is 53.9 Å². The molecule has 0 aliphatic carbocycles. The molecule has 0 bridgehead atoms. The monoisotopic (exact) mass is 257 g/mol. The van der Waals surface area contributed by atoms with Crippen molar-refractivity contribution in [2.75, 3.05) is 7.05 Å². The van der Waals surface area contributed by atoms with Gasteiger partial charge in [0.2, 0.25) is 0 Å². The van der Waals surface area contributed by atoms with Gasteiger partial charge in [0.15, 0.2) is 0 Å². The van der Waals surface area contributed by atoms with E-state index in [0.717, 1.165) is 13.0 Å². The lowest BCUT2D eigenvalue weighted by atomic mass is 9.91. The van der Waals surface area contributed by atoms with Gasteiger partial charge in [0.05, 0.1) is 11.7 Å². The minimum atomic E-state index is 0.288. The summed E-state index contributed by atoms with van der Waals surface area (Å²) in [7, 11) is 2.02. The largest absolute Gasteiger partial charge is 0.311 e. The van der Waals surface area contributed by atoms with Gasteiger partial charge in [-0.05, 0) is 25.1 Å². The maximum absolute atomic E-state index is 4.43. The molecule has 3 nitrogen and oxygen atoms in total. The molecule has 19 heavy (non-hydrogen) atoms. The number of nitrogens with zero attached hydrogens (tertiary/aromatic N) is 2. The Bertz CT molecular complexity index is 490. The summed E-state index contributed by atoms with van der Waals surface area (Å²) in [6.45, 7) is 5.42. The molecule has 2 rings (SSSR count). The van der Waals surface area contributed by atoms with E-state index >= 15 is 0 Å². The van der Waals surface area contributed by atoms with Crippen molar-refractivity contribution < 1.29 is 0 Å². The van der Waals surface area contributed by atoms with Crippen LogP contribution in [0.1, 0.15) is 43.5 Å². The van der Waals surface area contributed by atoms with E-state index in [1.807, 2.05) is 13.2 Å². The standard InChI is InChI=1S/C16H23N3/c1-4-12-19-15(10-11-18-19)16(17-3)13(2)14-8-6-5-7-9-14/h5-11,13,16-17H,4,12H2,1-3H3. The van der Waals surface area contributed by atoms with E-state index in [4.69, 9.17) is 0 Å². The minimum absolute atomic E-state index is 0.288. The highest BCUT2D eigenvalue weighted by atomic mass is 15.3. The van der Waals surface area contributed by atoms with E-state index in [-0.39, 0.29) is 6.04 Å². The molecular formula is C16H23N3. The summed E-state index contributed by atoms with van der Waals surface area (Å²) in [6, 6.07) is 13.0. The van der Waals surface area contributed by atoms with Gasteiger partial charge in [-0.15, -0.1) is 0 Å². The van der Waals surface area contributed by atoms with Crippen LogP contribution in [0.15, 0.2) is 42.6 Å². The fraction of sp³-hybridized carbons (Fsp3) is 0.438. The molecule has 0 fully saturated rings. The molecule has 0 aliphatic heterocycles. The molecule has 1 heterocycles. The van der Waals surface area contributed by atoms with Crippen LogP contribution < -0.4 is 5.32 Å². The van der Waals surface area contributed by atoms with Gasteiger partial charge >= 0.3 is 0 Å². The molecule has 0 radical (unpaired) electrons. The third-order valence-corrected chi connectivity index (χ3v) is 3.64. The van der Waals surface area contributed by atoms with Gasteiger partial charge in [0.1, 0.15) is 0 Å². The second kappa shape index (κ2) is 6.53. The first-order chi connectivity index (χ1) is 9.27. The van der Waals surface area contributed by atoms with Gasteiger partial charge in [0.25, 0.3) is 0 Å². The summed E-state index contributed by atoms with van der Waals surface area (Å²) in [5.41, 5.74) is 2.62. The molecule has 0 saturated carbocycles. The second-order valence-electron chi connectivity index (χ2n) is 4.94. The van der Waals surface area contributed by atoms with Crippen molar-refractivity contribution in [2.24, 2.45) is 0 Å². The highest BCUT2D eigenvalue weighted by Crippen LogP contribution is 2.30. The maximum atomic E-state index is 4.43. The molecule has 2 atom stereocenters. The molecule has 2 aromatic rings. The van der Waals surface area contributed by atoms with Crippen molar-refractivity contribution in [3.8, 4) is 0 Å². The van der Waals surface area contributed by atoms with E-state index in [0.29, 0.717) is 5.92 Å². The number of aromatic nitrogens is 2. The molecule has 0 spiro atoms. The summed E-state index contributed by atoms with van der Waals surface area (Å²) in [5.74, 6) is 0.415. The zero-order valence-electron chi connectivity index (χ0n) is 12.0. The van der Waals surface area contributed by atoms with Crippen LogP contribution in [0.4, 0.5) is 0 Å². The predicted molar refractivity (Wildman–Crippen MR) is 79.2 cm³/mol. The Morgan fingerprint density at radius 2 is 1.95 bits per heavy atom. The van der Waals surface area contributed by atoms with E-state index < -0.39 is 0 Å². The van der Waals surface area contributed by atoms with E-state index in [1.165, 1.54) is 11.3 Å². The smallest absolute Gasteiger partial charge is 0.0559 e. The number of nitrogens with one attached hydrogen (secondary N) is 1. The lowest BCUT2D eigenvalue weighted by Gasteiger charge is -2.25. The van der Waals surface area contributed by atoms with Crippen LogP contribution in [0.2, 0.25) is 0 Å². The summed E-state index contributed by atoms with van der Waals surface area (Å²) < 4.78 is 2.11. The Balaban J connectivity index is 2.26. The summed E-state index contributed by atoms with van der Waals surface area (Å²) >= 11 is 0. The Labute approximate surface area is 115 Å². The molecule has 0 amide bonds. The van der Waals surface area contributed by atoms with Gasteiger partial charge < -0.3 is 5.32 Å². The SMILES string of the molecule is CCCn1nccc1C(NC)C(C)c1ccccc1. The quantitative estimate of drug-likeness (QED) is 0.860. The number of likely N-dealkylation sites (N-methyl/N-ethyl adjacent to an activating group) is 1. The third-order valence-electron chi connectivity index (χ3n) is 3.64. The normalized spacial score (nSPS) is 14.3. The lowest BCUT2D eigenvalue weighted by Crippen LogP contribution is -2.25. The molecule has 1 aromatic heterocycles. The number of hydrogen-bond donors (Lipinski definition) is 1. The molecular weight excluding hydrogens is 234 g/mol. The highest BCUT2D eigenvalue weighted by molar-refractivity contribution is 5.24. The fourth-order valence-electron chi connectivity index (χ4n) is 2.61. The van der Waals surface area contributed by atoms with E-state index in [1.54, 1.807) is 0 Å². The van der Waals surface area contributed by atoms with Crippen molar-refractivity contribution >= 4 is 0 Å². The van der Waals surface area contributed by atoms with E-state index in [2.05, 4.69) is 65.3 Å². The van der Waals surface area contributed by atoms with Gasteiger partial charge in [-0.3, -0.25) is 4.68 Å². The number of benzene rings is 1. The highest BCUT2D eigenvalue weighted by Gasteiger charge is 2.22. The molecule has 3 heteroatoms. The molecule has 0 aliphatic rings. The summed E-state index contributed by atoms with van der Waals surface area (Å²) in [4.78, 5) is 0. The predicted octanol–water partition coefficient (Wildman–Crippen LogP) is 3.36. The van der Waals surface area contributed by atoms with E-state index in [9.17, 15) is 0 Å². The number of aryl methyl sites for hydroxylation is 1. The first-order valence-electron chi connectivity index (χ1n) is 7.01. The van der Waals surface area contributed by atoms with Crippen LogP contribution in [-0.2, 0) is 6.54 Å². The Kier molecular flexibility index (Phi) is 4.74. The van der Waals surface area contributed by atoms with Crippen LogP contribution in [0, 0.1) is 0 Å². The van der Waals surface area contributed by atoms with Gasteiger partial charge in [0, 0.05) is 18.7 Å². The number of hydrogen-bond acceptors (Lipinski definition) is 2. The van der Waals surface area contributed by atoms with Crippen LogP contribution in [0.3, 0.4) is 0 Å². The van der Waals surface area contributed by atoms with Crippen molar-refractivity contribution in [1.82, 2.24) is 15.1 Å². The van der Waals surface area contributed by atoms with Gasteiger partial charge in [-0.25, -0.2) is 0 Å². The summed E-state index contributed by atoms with van der Waals surface area (Å²) in [5, 5.41) is 7.87. The van der Waals surface area contributed by atoms with Crippen molar-refractivity contribution in [3.63, 3.8) is 0 Å². The number of rotatable bonds is 6. The maximum Gasteiger partial charge on any atom is 0.0559 e. The van der Waals surface area contributed by atoms with Crippen LogP contribution in [0.5, 0.6) is 0 Å². The molecule has 1 N–H and O–H groups in total. The minimum Gasteiger partial charge on any atom is -0.311 e. The topological polar surface area (TPSA) is 29.9 Å². The van der Waals surface area contributed by atoms with Gasteiger partial charge in [-0.1, -0.05) is 44.2 Å². The second-order valence-corrected chi connectivity index (χ2v) is 4.94. The van der Waals surface area contributed by atoms with Gasteiger partial charge in [-0.2, -0.15) is 5.10 Å². The first kappa shape index (κ1) is 13.8. The molecule has 1 aromatic carbocycles. The van der Waals surface area contributed by atoms with Crippen molar-refractivity contribution in [2.45, 2.75) is 38.8 Å². The molecule has 102 valence electrons. The van der Waals surface area contributed by atoms with Crippen LogP contribution in [0.25, 0.3) is 0 Å².